The fraction of sp³-hybridized carbons (Fsp3) is 0.333. The first-order valence-electron chi connectivity index (χ1n) is 4.38. The molecule has 0 amide bonds. The first-order valence-corrected chi connectivity index (χ1v) is 5.87. The van der Waals surface area contributed by atoms with Gasteiger partial charge in [0.1, 0.15) is 0 Å². The van der Waals surface area contributed by atoms with Gasteiger partial charge in [0, 0.05) is 0 Å². The second-order valence-electron chi connectivity index (χ2n) is 3.26. The molecule has 9 heteroatoms. The molecular formula is C9H6F6O2S. The maximum atomic E-state index is 13.4. The van der Waals surface area contributed by atoms with E-state index in [4.69, 9.17) is 0 Å². The Labute approximate surface area is 98.1 Å². The van der Waals surface area contributed by atoms with Gasteiger partial charge in [0.2, 0.25) is 9.84 Å². The highest BCUT2D eigenvalue weighted by atomic mass is 32.2. The van der Waals surface area contributed by atoms with E-state index in [-0.39, 0.29) is 0 Å². The summed E-state index contributed by atoms with van der Waals surface area (Å²) in [6.45, 7) is 0. The molecule has 2 nitrogen and oxygen atoms in total. The molecule has 1 rings (SSSR count). The molecule has 0 aliphatic rings. The lowest BCUT2D eigenvalue weighted by Crippen LogP contribution is -2.53. The summed E-state index contributed by atoms with van der Waals surface area (Å²) in [5.41, 5.74) is 0. The highest BCUT2D eigenvalue weighted by molar-refractivity contribution is 7.92. The Hall–Kier alpha value is -1.25. The standard InChI is InChI=1S/C9H6F6O2S/c10-7(11)8(12,9(13,14)15)18(16,17)6-4-2-1-3-5-6/h1-5,7H. The molecule has 1 aromatic carbocycles. The van der Waals surface area contributed by atoms with Gasteiger partial charge in [-0.2, -0.15) is 13.2 Å². The average Bonchev–Trinajstić information content (AvgIpc) is 2.27. The van der Waals surface area contributed by atoms with Crippen LogP contribution >= 0.6 is 0 Å². The first-order chi connectivity index (χ1) is 8.05. The van der Waals surface area contributed by atoms with E-state index in [1.807, 2.05) is 0 Å². The third-order valence-electron chi connectivity index (χ3n) is 2.11. The SMILES string of the molecule is O=S(=O)(c1ccccc1)C(F)(C(F)F)C(F)(F)F. The van der Waals surface area contributed by atoms with Crippen LogP contribution in [0.25, 0.3) is 0 Å². The number of benzene rings is 1. The molecule has 0 spiro atoms. The van der Waals surface area contributed by atoms with Gasteiger partial charge in [-0.05, 0) is 12.1 Å². The molecule has 0 fully saturated rings. The van der Waals surface area contributed by atoms with Gasteiger partial charge in [-0.25, -0.2) is 21.6 Å². The molecule has 1 unspecified atom stereocenters. The van der Waals surface area contributed by atoms with Crippen LogP contribution in [-0.2, 0) is 9.84 Å². The summed E-state index contributed by atoms with van der Waals surface area (Å²) in [5, 5.41) is -5.62. The Balaban J connectivity index is 3.50. The number of rotatable bonds is 3. The van der Waals surface area contributed by atoms with Crippen molar-refractivity contribution in [3.8, 4) is 0 Å². The molecule has 1 aromatic rings. The van der Waals surface area contributed by atoms with Crippen LogP contribution in [-0.4, -0.2) is 26.0 Å². The molecular weight excluding hydrogens is 286 g/mol. The summed E-state index contributed by atoms with van der Waals surface area (Å²) >= 11 is 0. The van der Waals surface area contributed by atoms with E-state index in [9.17, 15) is 34.8 Å². The van der Waals surface area contributed by atoms with Gasteiger partial charge in [0.15, 0.2) is 0 Å². The second kappa shape index (κ2) is 4.45. The van der Waals surface area contributed by atoms with Crippen LogP contribution in [0.2, 0.25) is 0 Å². The van der Waals surface area contributed by atoms with Crippen molar-refractivity contribution in [1.82, 2.24) is 0 Å². The van der Waals surface area contributed by atoms with E-state index >= 15 is 0 Å². The molecule has 0 bridgehead atoms. The number of hydrogen-bond donors (Lipinski definition) is 0. The lowest BCUT2D eigenvalue weighted by Gasteiger charge is -2.26. The molecule has 0 radical (unpaired) electrons. The van der Waals surface area contributed by atoms with E-state index in [1.54, 1.807) is 0 Å². The van der Waals surface area contributed by atoms with E-state index in [0.717, 1.165) is 12.1 Å². The fourth-order valence-corrected chi connectivity index (χ4v) is 2.56. The quantitative estimate of drug-likeness (QED) is 0.803. The Kier molecular flexibility index (Phi) is 3.66. The van der Waals surface area contributed by atoms with E-state index in [2.05, 4.69) is 0 Å². The van der Waals surface area contributed by atoms with E-state index in [0.29, 0.717) is 12.1 Å². The second-order valence-corrected chi connectivity index (χ2v) is 5.33. The van der Waals surface area contributed by atoms with Gasteiger partial charge in [0.05, 0.1) is 4.90 Å². The van der Waals surface area contributed by atoms with Crippen LogP contribution in [0.15, 0.2) is 35.2 Å². The molecule has 0 N–H and O–H groups in total. The number of hydrogen-bond acceptors (Lipinski definition) is 2. The Morgan fingerprint density at radius 3 is 1.72 bits per heavy atom. The molecule has 102 valence electrons. The van der Waals surface area contributed by atoms with Crippen LogP contribution in [0.4, 0.5) is 26.3 Å². The zero-order valence-corrected chi connectivity index (χ0v) is 9.27. The molecule has 0 aliphatic carbocycles. The Morgan fingerprint density at radius 2 is 1.39 bits per heavy atom. The minimum absolute atomic E-state index is 0.609. The maximum absolute atomic E-state index is 13.4. The van der Waals surface area contributed by atoms with Crippen molar-refractivity contribution in [1.29, 1.82) is 0 Å². The Bertz CT molecular complexity index is 510. The summed E-state index contributed by atoms with van der Waals surface area (Å²) in [7, 11) is -5.90. The number of alkyl halides is 6. The minimum atomic E-state index is -6.24. The zero-order valence-electron chi connectivity index (χ0n) is 8.46. The summed E-state index contributed by atoms with van der Waals surface area (Å²) in [6.07, 6.45) is -11.0. The summed E-state index contributed by atoms with van der Waals surface area (Å²) in [6, 6.07) is 4.45. The maximum Gasteiger partial charge on any atom is 0.443 e. The van der Waals surface area contributed by atoms with Crippen molar-refractivity contribution in [2.75, 3.05) is 0 Å². The van der Waals surface area contributed by atoms with Crippen molar-refractivity contribution in [2.45, 2.75) is 22.5 Å². The third-order valence-corrected chi connectivity index (χ3v) is 4.20. The van der Waals surface area contributed by atoms with Gasteiger partial charge in [-0.1, -0.05) is 18.2 Å². The fourth-order valence-electron chi connectivity index (χ4n) is 1.16. The number of sulfone groups is 1. The van der Waals surface area contributed by atoms with Crippen molar-refractivity contribution in [3.05, 3.63) is 30.3 Å². The smallest absolute Gasteiger partial charge is 0.220 e. The molecule has 0 saturated carbocycles. The third kappa shape index (κ3) is 2.06. The minimum Gasteiger partial charge on any atom is -0.220 e. The van der Waals surface area contributed by atoms with Crippen LogP contribution in [0.1, 0.15) is 0 Å². The van der Waals surface area contributed by atoms with Gasteiger partial charge in [-0.15, -0.1) is 0 Å². The van der Waals surface area contributed by atoms with Crippen LogP contribution < -0.4 is 0 Å². The molecule has 0 saturated heterocycles. The van der Waals surface area contributed by atoms with Crippen molar-refractivity contribution >= 4 is 9.84 Å². The van der Waals surface area contributed by atoms with Crippen LogP contribution in [0.5, 0.6) is 0 Å². The lowest BCUT2D eigenvalue weighted by atomic mass is 10.4. The molecule has 0 heterocycles. The zero-order chi connectivity index (χ0) is 14.2. The summed E-state index contributed by atoms with van der Waals surface area (Å²) in [5.74, 6) is 0. The predicted octanol–water partition coefficient (Wildman–Crippen LogP) is 2.95. The van der Waals surface area contributed by atoms with Gasteiger partial charge in [-0.3, -0.25) is 0 Å². The van der Waals surface area contributed by atoms with E-state index < -0.39 is 32.3 Å². The van der Waals surface area contributed by atoms with Crippen molar-refractivity contribution < 1.29 is 34.8 Å². The van der Waals surface area contributed by atoms with Gasteiger partial charge in [0.25, 0.3) is 6.43 Å². The van der Waals surface area contributed by atoms with Crippen LogP contribution in [0, 0.1) is 0 Å². The highest BCUT2D eigenvalue weighted by Gasteiger charge is 2.72. The molecule has 0 aromatic heterocycles. The monoisotopic (exact) mass is 292 g/mol. The Morgan fingerprint density at radius 1 is 0.944 bits per heavy atom. The number of halogens is 6. The normalized spacial score (nSPS) is 16.6. The van der Waals surface area contributed by atoms with Crippen molar-refractivity contribution in [3.63, 3.8) is 0 Å². The first kappa shape index (κ1) is 14.8. The van der Waals surface area contributed by atoms with Gasteiger partial charge < -0.3 is 0 Å². The average molecular weight is 292 g/mol. The topological polar surface area (TPSA) is 34.1 Å². The molecule has 18 heavy (non-hydrogen) atoms. The molecule has 1 atom stereocenters. The predicted molar refractivity (Wildman–Crippen MR) is 49.5 cm³/mol. The highest BCUT2D eigenvalue weighted by Crippen LogP contribution is 2.45. The van der Waals surface area contributed by atoms with E-state index in [1.165, 1.54) is 6.07 Å². The van der Waals surface area contributed by atoms with Gasteiger partial charge >= 0.3 is 11.2 Å². The summed E-state index contributed by atoms with van der Waals surface area (Å²) in [4.78, 5) is -1.16. The molecule has 0 aliphatic heterocycles. The lowest BCUT2D eigenvalue weighted by molar-refractivity contribution is -0.231. The van der Waals surface area contributed by atoms with Crippen LogP contribution in [0.3, 0.4) is 0 Å². The summed E-state index contributed by atoms with van der Waals surface area (Å²) < 4.78 is 97.6. The van der Waals surface area contributed by atoms with Crippen molar-refractivity contribution in [2.24, 2.45) is 0 Å². The largest absolute Gasteiger partial charge is 0.443 e.